The minimum absolute atomic E-state index is 0.0539. The first-order valence-electron chi connectivity index (χ1n) is 4.40. The molecule has 2 N–H and O–H groups in total. The SMILES string of the molecule is Cc1c[n+](C)cc2c(O)c(O)ccc12. The van der Waals surface area contributed by atoms with Crippen LogP contribution in [0.3, 0.4) is 0 Å². The Bertz CT molecular complexity index is 506. The van der Waals surface area contributed by atoms with Crippen molar-refractivity contribution in [3.8, 4) is 11.5 Å². The third-order valence-electron chi connectivity index (χ3n) is 2.35. The van der Waals surface area contributed by atoms with Gasteiger partial charge >= 0.3 is 0 Å². The van der Waals surface area contributed by atoms with E-state index < -0.39 is 0 Å². The lowest BCUT2D eigenvalue weighted by molar-refractivity contribution is -0.670. The van der Waals surface area contributed by atoms with Gasteiger partial charge in [-0.05, 0) is 19.1 Å². The van der Waals surface area contributed by atoms with E-state index in [0.717, 1.165) is 10.9 Å². The highest BCUT2D eigenvalue weighted by molar-refractivity contribution is 5.91. The van der Waals surface area contributed by atoms with Crippen LogP contribution in [0.15, 0.2) is 24.5 Å². The predicted molar refractivity (Wildman–Crippen MR) is 53.2 cm³/mol. The number of phenols is 2. The van der Waals surface area contributed by atoms with Crippen molar-refractivity contribution in [2.75, 3.05) is 0 Å². The van der Waals surface area contributed by atoms with E-state index in [1.807, 2.05) is 24.7 Å². The summed E-state index contributed by atoms with van der Waals surface area (Å²) in [4.78, 5) is 0. The van der Waals surface area contributed by atoms with Gasteiger partial charge in [-0.1, -0.05) is 0 Å². The summed E-state index contributed by atoms with van der Waals surface area (Å²) in [6.07, 6.45) is 3.76. The molecule has 0 saturated carbocycles. The van der Waals surface area contributed by atoms with E-state index in [1.165, 1.54) is 6.07 Å². The maximum atomic E-state index is 9.64. The Kier molecular flexibility index (Phi) is 1.81. The van der Waals surface area contributed by atoms with Gasteiger partial charge < -0.3 is 10.2 Å². The molecule has 0 spiro atoms. The molecule has 0 radical (unpaired) electrons. The largest absolute Gasteiger partial charge is 0.504 e. The third-order valence-corrected chi connectivity index (χ3v) is 2.35. The van der Waals surface area contributed by atoms with E-state index in [-0.39, 0.29) is 11.5 Å². The van der Waals surface area contributed by atoms with E-state index in [0.29, 0.717) is 5.39 Å². The van der Waals surface area contributed by atoms with Crippen LogP contribution in [0.1, 0.15) is 5.56 Å². The lowest BCUT2D eigenvalue weighted by Gasteiger charge is -2.03. The molecule has 2 aromatic rings. The van der Waals surface area contributed by atoms with Crippen molar-refractivity contribution < 1.29 is 14.8 Å². The van der Waals surface area contributed by atoms with Crippen LogP contribution in [-0.2, 0) is 7.05 Å². The van der Waals surface area contributed by atoms with Crippen molar-refractivity contribution >= 4 is 10.8 Å². The number of pyridine rings is 1. The molecule has 0 saturated heterocycles. The van der Waals surface area contributed by atoms with Crippen LogP contribution < -0.4 is 4.57 Å². The Balaban J connectivity index is 2.95. The smallest absolute Gasteiger partial charge is 0.180 e. The van der Waals surface area contributed by atoms with Gasteiger partial charge in [-0.3, -0.25) is 0 Å². The minimum atomic E-state index is -0.0805. The van der Waals surface area contributed by atoms with Crippen LogP contribution in [0.2, 0.25) is 0 Å². The summed E-state index contributed by atoms with van der Waals surface area (Å²) in [5, 5.41) is 20.6. The molecule has 0 amide bonds. The molecule has 0 aliphatic heterocycles. The summed E-state index contributed by atoms with van der Waals surface area (Å²) in [6, 6.07) is 3.31. The van der Waals surface area contributed by atoms with Crippen molar-refractivity contribution in [1.82, 2.24) is 0 Å². The number of hydrogen-bond acceptors (Lipinski definition) is 2. The highest BCUT2D eigenvalue weighted by atomic mass is 16.3. The van der Waals surface area contributed by atoms with Crippen molar-refractivity contribution in [2.24, 2.45) is 7.05 Å². The topological polar surface area (TPSA) is 44.3 Å². The maximum Gasteiger partial charge on any atom is 0.180 e. The number of phenolic OH excluding ortho intramolecular Hbond substituents is 2. The monoisotopic (exact) mass is 190 g/mol. The quantitative estimate of drug-likeness (QED) is 0.487. The Morgan fingerprint density at radius 1 is 1.07 bits per heavy atom. The van der Waals surface area contributed by atoms with Crippen LogP contribution in [0.25, 0.3) is 10.8 Å². The van der Waals surface area contributed by atoms with E-state index in [4.69, 9.17) is 0 Å². The van der Waals surface area contributed by atoms with Gasteiger partial charge in [0.25, 0.3) is 0 Å². The van der Waals surface area contributed by atoms with Crippen molar-refractivity contribution in [3.05, 3.63) is 30.1 Å². The number of aromatic nitrogens is 1. The predicted octanol–water partition coefficient (Wildman–Crippen LogP) is 1.38. The van der Waals surface area contributed by atoms with Crippen LogP contribution in [0.4, 0.5) is 0 Å². The fraction of sp³-hybridized carbons (Fsp3) is 0.182. The van der Waals surface area contributed by atoms with Gasteiger partial charge in [0, 0.05) is 10.9 Å². The molecule has 0 aliphatic carbocycles. The molecule has 0 aliphatic rings. The zero-order chi connectivity index (χ0) is 10.3. The number of aryl methyl sites for hydroxylation is 2. The second kappa shape index (κ2) is 2.87. The van der Waals surface area contributed by atoms with Gasteiger partial charge in [-0.2, -0.15) is 0 Å². The molecule has 1 heterocycles. The first-order valence-corrected chi connectivity index (χ1v) is 4.40. The molecular formula is C11H12NO2+. The minimum Gasteiger partial charge on any atom is -0.504 e. The van der Waals surface area contributed by atoms with E-state index >= 15 is 0 Å². The van der Waals surface area contributed by atoms with Gasteiger partial charge in [0.05, 0.1) is 5.39 Å². The second-order valence-electron chi connectivity index (χ2n) is 3.50. The van der Waals surface area contributed by atoms with Crippen LogP contribution in [0, 0.1) is 6.92 Å². The molecule has 0 fully saturated rings. The Morgan fingerprint density at radius 3 is 2.50 bits per heavy atom. The molecule has 1 aromatic heterocycles. The summed E-state index contributed by atoms with van der Waals surface area (Å²) >= 11 is 0. The van der Waals surface area contributed by atoms with Crippen molar-refractivity contribution in [2.45, 2.75) is 6.92 Å². The molecule has 1 aromatic carbocycles. The molecule has 3 nitrogen and oxygen atoms in total. The van der Waals surface area contributed by atoms with E-state index in [9.17, 15) is 10.2 Å². The summed E-state index contributed by atoms with van der Waals surface area (Å²) in [5.41, 5.74) is 1.07. The van der Waals surface area contributed by atoms with Crippen LogP contribution in [0.5, 0.6) is 11.5 Å². The Hall–Kier alpha value is -1.77. The molecular weight excluding hydrogens is 178 g/mol. The zero-order valence-electron chi connectivity index (χ0n) is 8.15. The number of aromatic hydroxyl groups is 2. The van der Waals surface area contributed by atoms with Crippen LogP contribution in [-0.4, -0.2) is 10.2 Å². The number of nitrogens with zero attached hydrogens (tertiary/aromatic N) is 1. The summed E-state index contributed by atoms with van der Waals surface area (Å²) in [7, 11) is 1.88. The van der Waals surface area contributed by atoms with Gasteiger partial charge in [-0.15, -0.1) is 0 Å². The molecule has 0 bridgehead atoms. The highest BCUT2D eigenvalue weighted by Crippen LogP contribution is 2.33. The number of fused-ring (bicyclic) bond motifs is 1. The van der Waals surface area contributed by atoms with Crippen molar-refractivity contribution in [1.29, 1.82) is 0 Å². The fourth-order valence-corrected chi connectivity index (χ4v) is 1.69. The fourth-order valence-electron chi connectivity index (χ4n) is 1.69. The molecule has 14 heavy (non-hydrogen) atoms. The second-order valence-corrected chi connectivity index (χ2v) is 3.50. The van der Waals surface area contributed by atoms with Gasteiger partial charge in [0.2, 0.25) is 0 Å². The molecule has 3 heteroatoms. The normalized spacial score (nSPS) is 10.7. The molecule has 2 rings (SSSR count). The number of hydrogen-bond donors (Lipinski definition) is 2. The first-order chi connectivity index (χ1) is 6.59. The van der Waals surface area contributed by atoms with Gasteiger partial charge in [0.15, 0.2) is 23.9 Å². The first kappa shape index (κ1) is 8.81. The standard InChI is InChI=1S/C11H11NO2/c1-7-5-12(2)6-9-8(7)3-4-10(13)11(9)14/h3-6,13H,1-2H3/p+1. The van der Waals surface area contributed by atoms with Gasteiger partial charge in [-0.25, -0.2) is 4.57 Å². The average Bonchev–Trinajstić information content (AvgIpc) is 2.12. The number of rotatable bonds is 0. The molecule has 72 valence electrons. The van der Waals surface area contributed by atoms with Crippen molar-refractivity contribution in [3.63, 3.8) is 0 Å². The molecule has 0 unspecified atom stereocenters. The number of benzene rings is 1. The summed E-state index contributed by atoms with van der Waals surface area (Å²) in [5.74, 6) is -0.134. The lowest BCUT2D eigenvalue weighted by atomic mass is 10.1. The van der Waals surface area contributed by atoms with E-state index in [2.05, 4.69) is 0 Å². The Labute approximate surface area is 81.9 Å². The lowest BCUT2D eigenvalue weighted by Crippen LogP contribution is -2.26. The summed E-state index contributed by atoms with van der Waals surface area (Å²) < 4.78 is 1.86. The Morgan fingerprint density at radius 2 is 1.79 bits per heavy atom. The van der Waals surface area contributed by atoms with E-state index in [1.54, 1.807) is 12.3 Å². The third kappa shape index (κ3) is 1.18. The van der Waals surface area contributed by atoms with Gasteiger partial charge in [0.1, 0.15) is 7.05 Å². The van der Waals surface area contributed by atoms with Crippen LogP contribution >= 0.6 is 0 Å². The average molecular weight is 190 g/mol. The highest BCUT2D eigenvalue weighted by Gasteiger charge is 2.10. The zero-order valence-corrected chi connectivity index (χ0v) is 8.15. The summed E-state index contributed by atoms with van der Waals surface area (Å²) in [6.45, 7) is 1.97. The maximum absolute atomic E-state index is 9.64. The molecule has 0 atom stereocenters.